The van der Waals surface area contributed by atoms with E-state index in [4.69, 9.17) is 4.74 Å². The molecule has 0 radical (unpaired) electrons. The van der Waals surface area contributed by atoms with Gasteiger partial charge in [0.2, 0.25) is 0 Å². The second kappa shape index (κ2) is 16.7. The van der Waals surface area contributed by atoms with E-state index in [0.29, 0.717) is 30.7 Å². The molecule has 0 aromatic rings. The highest BCUT2D eigenvalue weighted by Crippen LogP contribution is 2.62. The fraction of sp³-hybridized carbons (Fsp3) is 1.00. The Balaban J connectivity index is 0.846. The molecule has 2 aliphatic heterocycles. The average Bonchev–Trinajstić information content (AvgIpc) is 3.63. The monoisotopic (exact) mass is 756 g/mol. The minimum absolute atomic E-state index is 0.518. The lowest BCUT2D eigenvalue weighted by Gasteiger charge is -2.57. The predicted octanol–water partition coefficient (Wildman–Crippen LogP) is 12.0. The highest BCUT2D eigenvalue weighted by Gasteiger charge is 2.60. The third kappa shape index (κ3) is 7.40. The van der Waals surface area contributed by atoms with Crippen LogP contribution in [0.3, 0.4) is 0 Å². The Morgan fingerprint density at radius 3 is 1.49 bits per heavy atom. The van der Waals surface area contributed by atoms with Crippen molar-refractivity contribution in [3.63, 3.8) is 0 Å². The van der Waals surface area contributed by atoms with E-state index in [2.05, 4.69) is 16.0 Å². The van der Waals surface area contributed by atoms with Gasteiger partial charge < -0.3 is 4.74 Å². The lowest BCUT2D eigenvalue weighted by atomic mass is 9.50. The van der Waals surface area contributed by atoms with E-state index in [1.54, 1.807) is 19.3 Å². The summed E-state index contributed by atoms with van der Waals surface area (Å²) in [5.74, 6) is 14.0. The zero-order valence-electron chi connectivity index (χ0n) is 35.4. The quantitative estimate of drug-likeness (QED) is 0.261. The van der Waals surface area contributed by atoms with Crippen molar-refractivity contribution < 1.29 is 4.74 Å². The van der Waals surface area contributed by atoms with E-state index in [1.165, 1.54) is 180 Å². The van der Waals surface area contributed by atoms with Crippen LogP contribution in [0.2, 0.25) is 0 Å². The molecule has 2 heterocycles. The van der Waals surface area contributed by atoms with Gasteiger partial charge in [-0.3, -0.25) is 16.0 Å². The molecule has 55 heavy (non-hydrogen) atoms. The predicted molar refractivity (Wildman–Crippen MR) is 225 cm³/mol. The summed E-state index contributed by atoms with van der Waals surface area (Å²) < 4.78 is 7.60. The Labute approximate surface area is 338 Å². The molecule has 9 aliphatic carbocycles. The SMILES string of the molecule is C1CCC(C2NC(C3CCC4CCCCC4C3)NC(C3CCC(C4CCC(C5CCCCC5)C5OC6CC7CCCCC7CC6C45)C4CCCCC34)N2)CC1. The maximum Gasteiger partial charge on any atom is 0.0644 e. The second-order valence-electron chi connectivity index (χ2n) is 23.2. The summed E-state index contributed by atoms with van der Waals surface area (Å²) in [6.07, 6.45) is 49.2. The van der Waals surface area contributed by atoms with E-state index < -0.39 is 0 Å². The van der Waals surface area contributed by atoms with Crippen LogP contribution < -0.4 is 16.0 Å². The van der Waals surface area contributed by atoms with Gasteiger partial charge >= 0.3 is 0 Å². The lowest BCUT2D eigenvalue weighted by molar-refractivity contribution is -0.0904. The molecular formula is C51H85N3O. The number of hydrogen-bond donors (Lipinski definition) is 3. The third-order valence-corrected chi connectivity index (χ3v) is 20.9. The van der Waals surface area contributed by atoms with Crippen LogP contribution in [0.5, 0.6) is 0 Å². The molecule has 2 saturated heterocycles. The van der Waals surface area contributed by atoms with Crippen molar-refractivity contribution >= 4 is 0 Å². The van der Waals surface area contributed by atoms with Gasteiger partial charge in [0.1, 0.15) is 0 Å². The van der Waals surface area contributed by atoms with Crippen molar-refractivity contribution in [2.45, 2.75) is 230 Å². The van der Waals surface area contributed by atoms with Crippen LogP contribution in [0, 0.1) is 88.8 Å². The minimum Gasteiger partial charge on any atom is -0.374 e. The molecule has 11 aliphatic rings. The maximum atomic E-state index is 7.60. The molecule has 0 amide bonds. The van der Waals surface area contributed by atoms with Crippen molar-refractivity contribution in [3.05, 3.63) is 0 Å². The molecule has 0 bridgehead atoms. The van der Waals surface area contributed by atoms with E-state index in [0.717, 1.165) is 88.8 Å². The summed E-state index contributed by atoms with van der Waals surface area (Å²) in [4.78, 5) is 0. The van der Waals surface area contributed by atoms with Gasteiger partial charge in [0, 0.05) is 0 Å². The van der Waals surface area contributed by atoms with Crippen LogP contribution in [-0.2, 0) is 4.74 Å². The summed E-state index contributed by atoms with van der Waals surface area (Å²) in [7, 11) is 0. The normalized spacial score (nSPS) is 52.6. The number of fused-ring (bicyclic) bond motifs is 6. The zero-order chi connectivity index (χ0) is 36.3. The smallest absolute Gasteiger partial charge is 0.0644 e. The van der Waals surface area contributed by atoms with Crippen molar-refractivity contribution in [3.8, 4) is 0 Å². The fourth-order valence-corrected chi connectivity index (χ4v) is 18.4. The molecule has 11 rings (SSSR count). The Hall–Kier alpha value is -0.160. The van der Waals surface area contributed by atoms with E-state index >= 15 is 0 Å². The van der Waals surface area contributed by atoms with Gasteiger partial charge in [-0.15, -0.1) is 0 Å². The largest absolute Gasteiger partial charge is 0.374 e. The van der Waals surface area contributed by atoms with Crippen molar-refractivity contribution in [2.75, 3.05) is 0 Å². The molecule has 0 aromatic heterocycles. The Morgan fingerprint density at radius 2 is 0.745 bits per heavy atom. The molecule has 4 nitrogen and oxygen atoms in total. The van der Waals surface area contributed by atoms with E-state index in [9.17, 15) is 0 Å². The first kappa shape index (κ1) is 37.8. The van der Waals surface area contributed by atoms with Crippen LogP contribution >= 0.6 is 0 Å². The van der Waals surface area contributed by atoms with Crippen LogP contribution in [0.4, 0.5) is 0 Å². The van der Waals surface area contributed by atoms with Crippen LogP contribution in [-0.4, -0.2) is 30.7 Å². The van der Waals surface area contributed by atoms with Gasteiger partial charge in [0.05, 0.1) is 30.7 Å². The Kier molecular flexibility index (Phi) is 11.5. The molecule has 0 aromatic carbocycles. The van der Waals surface area contributed by atoms with E-state index in [-0.39, 0.29) is 0 Å². The third-order valence-electron chi connectivity index (χ3n) is 20.9. The van der Waals surface area contributed by atoms with Crippen molar-refractivity contribution in [2.24, 2.45) is 88.8 Å². The molecule has 4 heteroatoms. The first-order valence-corrected chi connectivity index (χ1v) is 26.2. The van der Waals surface area contributed by atoms with Gasteiger partial charge in [-0.2, -0.15) is 0 Å². The average molecular weight is 756 g/mol. The summed E-state index contributed by atoms with van der Waals surface area (Å²) in [6, 6.07) is 0. The van der Waals surface area contributed by atoms with Crippen LogP contribution in [0.15, 0.2) is 0 Å². The van der Waals surface area contributed by atoms with Crippen molar-refractivity contribution in [1.82, 2.24) is 16.0 Å². The Bertz CT molecular complexity index is 1260. The zero-order valence-corrected chi connectivity index (χ0v) is 35.4. The Morgan fingerprint density at radius 1 is 0.273 bits per heavy atom. The molecular weight excluding hydrogens is 671 g/mol. The number of hydrogen-bond acceptors (Lipinski definition) is 4. The lowest BCUT2D eigenvalue weighted by Crippen LogP contribution is -2.73. The minimum atomic E-state index is 0.518. The molecule has 310 valence electrons. The number of rotatable bonds is 5. The van der Waals surface area contributed by atoms with Crippen LogP contribution in [0.1, 0.15) is 199 Å². The molecule has 18 atom stereocenters. The molecule has 0 spiro atoms. The standard InChI is InChI=1S/C51H85N3O/c1-3-14-33(15-4-1)39-25-27-43(47-45-30-36-19-9-10-20-37(36)31-46(45)55-48(39)47)42-26-28-44(41-22-12-11-21-40(41)42)51-53-49(34-16-5-2-6-17-34)52-50(54-51)38-24-23-32-13-7-8-18-35(32)29-38/h32-54H,1-31H2. The highest BCUT2D eigenvalue weighted by atomic mass is 16.5. The second-order valence-corrected chi connectivity index (χ2v) is 23.2. The summed E-state index contributed by atoms with van der Waals surface area (Å²) >= 11 is 0. The number of nitrogens with one attached hydrogen (secondary N) is 3. The summed E-state index contributed by atoms with van der Waals surface area (Å²) in [5.41, 5.74) is 0. The van der Waals surface area contributed by atoms with Gasteiger partial charge in [0.25, 0.3) is 0 Å². The highest BCUT2D eigenvalue weighted by molar-refractivity contribution is 5.08. The van der Waals surface area contributed by atoms with Gasteiger partial charge in [-0.25, -0.2) is 0 Å². The first-order valence-electron chi connectivity index (χ1n) is 26.2. The van der Waals surface area contributed by atoms with Crippen molar-refractivity contribution in [1.29, 1.82) is 0 Å². The van der Waals surface area contributed by atoms with Gasteiger partial charge in [0.15, 0.2) is 0 Å². The maximum absolute atomic E-state index is 7.60. The molecule has 9 saturated carbocycles. The van der Waals surface area contributed by atoms with Gasteiger partial charge in [-0.05, 0) is 172 Å². The molecule has 3 N–H and O–H groups in total. The summed E-state index contributed by atoms with van der Waals surface area (Å²) in [6.45, 7) is 0. The fourth-order valence-electron chi connectivity index (χ4n) is 18.4. The molecule has 18 unspecified atom stereocenters. The van der Waals surface area contributed by atoms with Gasteiger partial charge in [-0.1, -0.05) is 116 Å². The summed E-state index contributed by atoms with van der Waals surface area (Å²) in [5, 5.41) is 13.3. The number of ether oxygens (including phenoxy) is 1. The van der Waals surface area contributed by atoms with Crippen LogP contribution in [0.25, 0.3) is 0 Å². The topological polar surface area (TPSA) is 45.3 Å². The molecule has 11 fully saturated rings. The first-order chi connectivity index (χ1) is 27.2. The van der Waals surface area contributed by atoms with E-state index in [1.807, 2.05) is 0 Å².